The lowest BCUT2D eigenvalue weighted by molar-refractivity contribution is 0.349. The molecule has 1 aromatic rings. The van der Waals surface area contributed by atoms with Crippen LogP contribution in [-0.4, -0.2) is 4.98 Å². The van der Waals surface area contributed by atoms with Crippen molar-refractivity contribution in [1.82, 2.24) is 4.98 Å². The summed E-state index contributed by atoms with van der Waals surface area (Å²) in [7, 11) is 0. The second-order valence-corrected chi connectivity index (χ2v) is 4.38. The fraction of sp³-hybridized carbons (Fsp3) is 0.750. The van der Waals surface area contributed by atoms with E-state index in [2.05, 4.69) is 11.9 Å². The van der Waals surface area contributed by atoms with Crippen molar-refractivity contribution in [2.75, 3.05) is 0 Å². The number of aryl methyl sites for hydroxylation is 1. The number of hydrogen-bond acceptors (Lipinski definition) is 1. The van der Waals surface area contributed by atoms with Crippen LogP contribution in [0, 0.1) is 12.8 Å². The Morgan fingerprint density at radius 3 is 1.67 bits per heavy atom. The summed E-state index contributed by atoms with van der Waals surface area (Å²) in [5.74, 6) is 1.09. The van der Waals surface area contributed by atoms with Crippen molar-refractivity contribution < 1.29 is 0 Å². The number of hydrogen-bond donors (Lipinski definition) is 0. The monoisotopic (exact) mass is 295 g/mol. The van der Waals surface area contributed by atoms with Crippen LogP contribution in [0.25, 0.3) is 0 Å². The second kappa shape index (κ2) is 24.2. The third kappa shape index (κ3) is 19.1. The van der Waals surface area contributed by atoms with Crippen molar-refractivity contribution >= 4 is 0 Å². The highest BCUT2D eigenvalue weighted by molar-refractivity contribution is 4.99. The standard InChI is InChI=1S/C8H16.C6H7N.3C2H6/c1-2-8-6-4-3-5-7-8;1-6-4-2-3-5-7-6;3*1-2/h8H,2-7H2,1H3;2-5H,1H3;3*1-2H3. The zero-order chi connectivity index (χ0) is 16.9. The smallest absolute Gasteiger partial charge is 0.0372 e. The average Bonchev–Trinajstić information content (AvgIpc) is 2.62. The molecule has 1 nitrogen and oxygen atoms in total. The molecule has 0 atom stereocenters. The largest absolute Gasteiger partial charge is 0.262 e. The Labute approximate surface area is 135 Å². The van der Waals surface area contributed by atoms with Gasteiger partial charge in [0, 0.05) is 11.9 Å². The summed E-state index contributed by atoms with van der Waals surface area (Å²) in [6.45, 7) is 16.3. The van der Waals surface area contributed by atoms with Crippen LogP contribution < -0.4 is 0 Å². The van der Waals surface area contributed by atoms with Gasteiger partial charge in [-0.05, 0) is 25.0 Å². The van der Waals surface area contributed by atoms with E-state index in [0.717, 1.165) is 11.6 Å². The normalized spacial score (nSPS) is 12.8. The number of aromatic nitrogens is 1. The lowest BCUT2D eigenvalue weighted by atomic mass is 9.88. The summed E-state index contributed by atoms with van der Waals surface area (Å²) in [5, 5.41) is 0. The lowest BCUT2D eigenvalue weighted by Gasteiger charge is -2.18. The zero-order valence-corrected chi connectivity index (χ0v) is 16.1. The lowest BCUT2D eigenvalue weighted by Crippen LogP contribution is -2.03. The van der Waals surface area contributed by atoms with Crippen molar-refractivity contribution in [3.63, 3.8) is 0 Å². The Morgan fingerprint density at radius 1 is 0.905 bits per heavy atom. The molecule has 1 aliphatic rings. The van der Waals surface area contributed by atoms with Crippen LogP contribution in [0.5, 0.6) is 0 Å². The zero-order valence-electron chi connectivity index (χ0n) is 16.1. The fourth-order valence-corrected chi connectivity index (χ4v) is 2.04. The SMILES string of the molecule is CC.CC.CC.CCC1CCCCC1.Cc1ccccn1. The molecule has 0 aromatic carbocycles. The second-order valence-electron chi connectivity index (χ2n) is 4.38. The van der Waals surface area contributed by atoms with Crippen LogP contribution in [0.3, 0.4) is 0 Å². The number of rotatable bonds is 1. The molecule has 1 heterocycles. The van der Waals surface area contributed by atoms with Gasteiger partial charge in [0.15, 0.2) is 0 Å². The van der Waals surface area contributed by atoms with E-state index in [1.54, 1.807) is 6.20 Å². The van der Waals surface area contributed by atoms with Gasteiger partial charge in [0.05, 0.1) is 0 Å². The molecule has 126 valence electrons. The van der Waals surface area contributed by atoms with Gasteiger partial charge in [-0.3, -0.25) is 4.98 Å². The predicted octanol–water partition coefficient (Wildman–Crippen LogP) is 7.45. The van der Waals surface area contributed by atoms with E-state index in [1.165, 1.54) is 38.5 Å². The van der Waals surface area contributed by atoms with Crippen molar-refractivity contribution in [1.29, 1.82) is 0 Å². The molecule has 0 amide bonds. The molecule has 21 heavy (non-hydrogen) atoms. The van der Waals surface area contributed by atoms with E-state index in [-0.39, 0.29) is 0 Å². The highest BCUT2D eigenvalue weighted by atomic mass is 14.6. The number of pyridine rings is 1. The van der Waals surface area contributed by atoms with E-state index in [1.807, 2.05) is 66.7 Å². The molecule has 1 saturated carbocycles. The van der Waals surface area contributed by atoms with Gasteiger partial charge in [-0.15, -0.1) is 0 Å². The van der Waals surface area contributed by atoms with Crippen molar-refractivity contribution in [2.24, 2.45) is 5.92 Å². The minimum absolute atomic E-state index is 1.07. The maximum Gasteiger partial charge on any atom is 0.0372 e. The molecule has 1 heteroatoms. The first-order valence-electron chi connectivity index (χ1n) is 9.20. The van der Waals surface area contributed by atoms with Crippen LogP contribution >= 0.6 is 0 Å². The van der Waals surface area contributed by atoms with Gasteiger partial charge in [0.1, 0.15) is 0 Å². The molecule has 1 fully saturated rings. The maximum atomic E-state index is 3.98. The van der Waals surface area contributed by atoms with Crippen LogP contribution in [0.1, 0.15) is 92.7 Å². The van der Waals surface area contributed by atoms with Crippen molar-refractivity contribution in [2.45, 2.75) is 93.9 Å². The number of nitrogens with zero attached hydrogens (tertiary/aromatic N) is 1. The maximum absolute atomic E-state index is 3.98. The quantitative estimate of drug-likeness (QED) is 0.524. The summed E-state index contributed by atoms with van der Waals surface area (Å²) >= 11 is 0. The van der Waals surface area contributed by atoms with E-state index in [9.17, 15) is 0 Å². The molecule has 0 unspecified atom stereocenters. The first-order valence-corrected chi connectivity index (χ1v) is 9.20. The Kier molecular flexibility index (Phi) is 28.9. The van der Waals surface area contributed by atoms with Crippen molar-refractivity contribution in [3.05, 3.63) is 30.1 Å². The molecular weight excluding hydrogens is 254 g/mol. The molecule has 1 aromatic heterocycles. The van der Waals surface area contributed by atoms with Crippen LogP contribution in [0.4, 0.5) is 0 Å². The molecule has 0 N–H and O–H groups in total. The molecule has 1 aliphatic carbocycles. The molecule has 2 rings (SSSR count). The van der Waals surface area contributed by atoms with Gasteiger partial charge >= 0.3 is 0 Å². The van der Waals surface area contributed by atoms with Crippen LogP contribution in [-0.2, 0) is 0 Å². The first kappa shape index (κ1) is 25.1. The highest BCUT2D eigenvalue weighted by Crippen LogP contribution is 2.25. The fourth-order valence-electron chi connectivity index (χ4n) is 2.04. The van der Waals surface area contributed by atoms with Gasteiger partial charge in [0.25, 0.3) is 0 Å². The Balaban J connectivity index is -0.000000229. The summed E-state index contributed by atoms with van der Waals surface area (Å²) in [5.41, 5.74) is 1.07. The molecule has 0 aliphatic heterocycles. The van der Waals surface area contributed by atoms with E-state index in [0.29, 0.717) is 0 Å². The van der Waals surface area contributed by atoms with Gasteiger partial charge < -0.3 is 0 Å². The van der Waals surface area contributed by atoms with Crippen LogP contribution in [0.15, 0.2) is 24.4 Å². The van der Waals surface area contributed by atoms with Crippen LogP contribution in [0.2, 0.25) is 0 Å². The van der Waals surface area contributed by atoms with E-state index in [4.69, 9.17) is 0 Å². The third-order valence-electron chi connectivity index (χ3n) is 3.11. The molecule has 0 spiro atoms. The van der Waals surface area contributed by atoms with E-state index >= 15 is 0 Å². The van der Waals surface area contributed by atoms with Gasteiger partial charge in [-0.1, -0.05) is 93.1 Å². The molecule has 0 radical (unpaired) electrons. The summed E-state index contributed by atoms with van der Waals surface area (Å²) < 4.78 is 0. The summed E-state index contributed by atoms with van der Waals surface area (Å²) in [6, 6.07) is 5.86. The predicted molar refractivity (Wildman–Crippen MR) is 99.9 cm³/mol. The van der Waals surface area contributed by atoms with E-state index < -0.39 is 0 Å². The molecular formula is C20H41N. The van der Waals surface area contributed by atoms with Crippen molar-refractivity contribution in [3.8, 4) is 0 Å². The minimum Gasteiger partial charge on any atom is -0.262 e. The Bertz CT molecular complexity index is 237. The first-order chi connectivity index (χ1) is 10.3. The van der Waals surface area contributed by atoms with Gasteiger partial charge in [-0.2, -0.15) is 0 Å². The topological polar surface area (TPSA) is 12.9 Å². The van der Waals surface area contributed by atoms with Gasteiger partial charge in [-0.25, -0.2) is 0 Å². The summed E-state index contributed by atoms with van der Waals surface area (Å²) in [6.07, 6.45) is 10.7. The average molecular weight is 296 g/mol. The minimum atomic E-state index is 1.07. The highest BCUT2D eigenvalue weighted by Gasteiger charge is 2.09. The Hall–Kier alpha value is -0.850. The Morgan fingerprint density at radius 2 is 1.43 bits per heavy atom. The molecule has 0 saturated heterocycles. The molecule has 0 bridgehead atoms. The van der Waals surface area contributed by atoms with Gasteiger partial charge in [0.2, 0.25) is 0 Å². The third-order valence-corrected chi connectivity index (χ3v) is 3.11. The summed E-state index contributed by atoms with van der Waals surface area (Å²) in [4.78, 5) is 3.98.